The van der Waals surface area contributed by atoms with Gasteiger partial charge < -0.3 is 15.0 Å². The highest BCUT2D eigenvalue weighted by Crippen LogP contribution is 2.11. The van der Waals surface area contributed by atoms with Crippen molar-refractivity contribution >= 4 is 5.91 Å². The van der Waals surface area contributed by atoms with Crippen LogP contribution in [-0.2, 0) is 17.8 Å². The van der Waals surface area contributed by atoms with Gasteiger partial charge in [-0.25, -0.2) is 4.39 Å². The molecule has 2 N–H and O–H groups in total. The SMILES string of the molecule is CCOc1ccc(C[NH+](C)CC(=O)NCCc2ccccc2F)cc1. The molecule has 0 aliphatic heterocycles. The zero-order chi connectivity index (χ0) is 18.1. The van der Waals surface area contributed by atoms with Crippen molar-refractivity contribution in [2.24, 2.45) is 0 Å². The molecule has 0 saturated heterocycles. The first-order valence-electron chi connectivity index (χ1n) is 8.61. The molecule has 0 fully saturated rings. The number of carbonyl (C=O) groups excluding carboxylic acids is 1. The molecular formula is C20H26FN2O2+. The van der Waals surface area contributed by atoms with E-state index in [1.165, 1.54) is 6.07 Å². The molecule has 1 atom stereocenters. The molecule has 5 heteroatoms. The average molecular weight is 345 g/mol. The van der Waals surface area contributed by atoms with Crippen molar-refractivity contribution in [3.63, 3.8) is 0 Å². The molecule has 4 nitrogen and oxygen atoms in total. The quantitative estimate of drug-likeness (QED) is 0.725. The normalized spacial score (nSPS) is 11.8. The summed E-state index contributed by atoms with van der Waals surface area (Å²) in [7, 11) is 1.98. The van der Waals surface area contributed by atoms with Gasteiger partial charge in [-0.2, -0.15) is 0 Å². The maximum Gasteiger partial charge on any atom is 0.275 e. The van der Waals surface area contributed by atoms with E-state index in [9.17, 15) is 9.18 Å². The molecule has 0 aliphatic carbocycles. The van der Waals surface area contributed by atoms with E-state index in [0.717, 1.165) is 22.8 Å². The van der Waals surface area contributed by atoms with Crippen LogP contribution in [0.2, 0.25) is 0 Å². The number of carbonyl (C=O) groups is 1. The Balaban J connectivity index is 1.71. The Bertz CT molecular complexity index is 674. The summed E-state index contributed by atoms with van der Waals surface area (Å²) < 4.78 is 18.9. The van der Waals surface area contributed by atoms with Gasteiger partial charge in [0.15, 0.2) is 6.54 Å². The van der Waals surface area contributed by atoms with Gasteiger partial charge in [0.05, 0.1) is 13.7 Å². The van der Waals surface area contributed by atoms with Gasteiger partial charge in [0.25, 0.3) is 5.91 Å². The van der Waals surface area contributed by atoms with Crippen LogP contribution in [0.1, 0.15) is 18.1 Å². The first kappa shape index (κ1) is 18.9. The van der Waals surface area contributed by atoms with Gasteiger partial charge in [-0.15, -0.1) is 0 Å². The molecule has 0 saturated carbocycles. The van der Waals surface area contributed by atoms with Crippen molar-refractivity contribution in [3.05, 3.63) is 65.5 Å². The maximum atomic E-state index is 13.5. The highest BCUT2D eigenvalue weighted by atomic mass is 19.1. The topological polar surface area (TPSA) is 42.8 Å². The van der Waals surface area contributed by atoms with E-state index in [2.05, 4.69) is 5.32 Å². The van der Waals surface area contributed by atoms with Crippen LogP contribution in [0.25, 0.3) is 0 Å². The minimum absolute atomic E-state index is 0.0280. The largest absolute Gasteiger partial charge is 0.494 e. The molecular weight excluding hydrogens is 319 g/mol. The number of hydrogen-bond donors (Lipinski definition) is 2. The van der Waals surface area contributed by atoms with Crippen molar-refractivity contribution in [1.29, 1.82) is 0 Å². The van der Waals surface area contributed by atoms with Crippen molar-refractivity contribution in [1.82, 2.24) is 5.32 Å². The van der Waals surface area contributed by atoms with Crippen LogP contribution in [-0.4, -0.2) is 32.7 Å². The van der Waals surface area contributed by atoms with E-state index in [0.29, 0.717) is 31.7 Å². The first-order chi connectivity index (χ1) is 12.1. The van der Waals surface area contributed by atoms with E-state index in [4.69, 9.17) is 4.74 Å². The summed E-state index contributed by atoms with van der Waals surface area (Å²) in [4.78, 5) is 13.1. The standard InChI is InChI=1S/C20H25FN2O2/c1-3-25-18-10-8-16(9-11-18)14-23(2)15-20(24)22-13-12-17-6-4-5-7-19(17)21/h4-11H,3,12-15H2,1-2H3,(H,22,24)/p+1. The molecule has 0 spiro atoms. The number of nitrogens with one attached hydrogen (secondary N) is 2. The van der Waals surface area contributed by atoms with Gasteiger partial charge in [0, 0.05) is 12.1 Å². The highest BCUT2D eigenvalue weighted by molar-refractivity contribution is 5.76. The fourth-order valence-electron chi connectivity index (χ4n) is 2.66. The van der Waals surface area contributed by atoms with Crippen molar-refractivity contribution in [2.75, 3.05) is 26.7 Å². The Kier molecular flexibility index (Phi) is 7.41. The second-order valence-corrected chi connectivity index (χ2v) is 6.08. The third kappa shape index (κ3) is 6.55. The van der Waals surface area contributed by atoms with E-state index in [-0.39, 0.29) is 11.7 Å². The Hall–Kier alpha value is -2.40. The Morgan fingerprint density at radius 2 is 1.88 bits per heavy atom. The van der Waals surface area contributed by atoms with Crippen LogP contribution >= 0.6 is 0 Å². The molecule has 134 valence electrons. The van der Waals surface area contributed by atoms with Gasteiger partial charge in [-0.3, -0.25) is 4.79 Å². The van der Waals surface area contributed by atoms with Crippen LogP contribution < -0.4 is 15.0 Å². The number of amides is 1. The smallest absolute Gasteiger partial charge is 0.275 e. The molecule has 0 radical (unpaired) electrons. The maximum absolute atomic E-state index is 13.5. The number of quaternary nitrogens is 1. The summed E-state index contributed by atoms with van der Waals surface area (Å²) in [6.45, 7) is 4.18. The molecule has 0 heterocycles. The van der Waals surface area contributed by atoms with E-state index < -0.39 is 0 Å². The lowest BCUT2D eigenvalue weighted by Crippen LogP contribution is -3.08. The van der Waals surface area contributed by atoms with Gasteiger partial charge >= 0.3 is 0 Å². The van der Waals surface area contributed by atoms with Crippen LogP contribution in [0.15, 0.2) is 48.5 Å². The Morgan fingerprint density at radius 1 is 1.16 bits per heavy atom. The number of hydrogen-bond acceptors (Lipinski definition) is 2. The lowest BCUT2D eigenvalue weighted by Gasteiger charge is -2.14. The number of rotatable bonds is 9. The molecule has 0 aromatic heterocycles. The van der Waals surface area contributed by atoms with Gasteiger partial charge in [-0.05, 0) is 49.2 Å². The summed E-state index contributed by atoms with van der Waals surface area (Å²) in [6, 6.07) is 14.6. The van der Waals surface area contributed by atoms with Crippen molar-refractivity contribution < 1.29 is 18.8 Å². The zero-order valence-corrected chi connectivity index (χ0v) is 14.8. The third-order valence-electron chi connectivity index (χ3n) is 3.88. The fraction of sp³-hybridized carbons (Fsp3) is 0.350. The van der Waals surface area contributed by atoms with Gasteiger partial charge in [-0.1, -0.05) is 18.2 Å². The predicted octanol–water partition coefficient (Wildman–Crippen LogP) is 1.60. The Labute approximate surface area is 148 Å². The van der Waals surface area contributed by atoms with Crippen LogP contribution in [0.5, 0.6) is 5.75 Å². The second kappa shape index (κ2) is 9.79. The second-order valence-electron chi connectivity index (χ2n) is 6.08. The van der Waals surface area contributed by atoms with E-state index >= 15 is 0 Å². The minimum Gasteiger partial charge on any atom is -0.494 e. The lowest BCUT2D eigenvalue weighted by molar-refractivity contribution is -0.885. The minimum atomic E-state index is -0.227. The van der Waals surface area contributed by atoms with E-state index in [1.807, 2.05) is 38.2 Å². The van der Waals surface area contributed by atoms with Gasteiger partial charge in [0.2, 0.25) is 0 Å². The van der Waals surface area contributed by atoms with Crippen molar-refractivity contribution in [3.8, 4) is 5.75 Å². The number of halogens is 1. The van der Waals surface area contributed by atoms with Crippen LogP contribution in [0, 0.1) is 5.82 Å². The summed E-state index contributed by atoms with van der Waals surface area (Å²) in [5, 5.41) is 2.85. The fourth-order valence-corrected chi connectivity index (χ4v) is 2.66. The molecule has 1 amide bonds. The van der Waals surface area contributed by atoms with Gasteiger partial charge in [0.1, 0.15) is 18.1 Å². The summed E-state index contributed by atoms with van der Waals surface area (Å²) in [6.07, 6.45) is 0.496. The molecule has 0 bridgehead atoms. The van der Waals surface area contributed by atoms with Crippen LogP contribution in [0.3, 0.4) is 0 Å². The summed E-state index contributed by atoms with van der Waals surface area (Å²) in [5.41, 5.74) is 1.78. The monoisotopic (exact) mass is 345 g/mol. The Morgan fingerprint density at radius 3 is 2.56 bits per heavy atom. The molecule has 2 aromatic carbocycles. The van der Waals surface area contributed by atoms with E-state index in [1.54, 1.807) is 18.2 Å². The molecule has 0 aliphatic rings. The molecule has 1 unspecified atom stereocenters. The number of benzene rings is 2. The number of likely N-dealkylation sites (N-methyl/N-ethyl adjacent to an activating group) is 1. The molecule has 2 rings (SSSR count). The summed E-state index contributed by atoms with van der Waals surface area (Å²) >= 11 is 0. The number of ether oxygens (including phenoxy) is 1. The first-order valence-corrected chi connectivity index (χ1v) is 8.61. The lowest BCUT2D eigenvalue weighted by atomic mass is 10.1. The highest BCUT2D eigenvalue weighted by Gasteiger charge is 2.10. The third-order valence-corrected chi connectivity index (χ3v) is 3.88. The molecule has 25 heavy (non-hydrogen) atoms. The summed E-state index contributed by atoms with van der Waals surface area (Å²) in [5.74, 6) is 0.601. The molecule has 2 aromatic rings. The predicted molar refractivity (Wildman–Crippen MR) is 96.2 cm³/mol. The van der Waals surface area contributed by atoms with Crippen LogP contribution in [0.4, 0.5) is 4.39 Å². The average Bonchev–Trinajstić information content (AvgIpc) is 2.58. The van der Waals surface area contributed by atoms with Crippen molar-refractivity contribution in [2.45, 2.75) is 19.9 Å². The zero-order valence-electron chi connectivity index (χ0n) is 14.8.